The number of carbonyl (C=O) groups is 1. The molecule has 3 rings (SSSR count). The zero-order valence-electron chi connectivity index (χ0n) is 8.35. The first-order valence-electron chi connectivity index (χ1n) is 4.99. The van der Waals surface area contributed by atoms with Crippen LogP contribution >= 0.6 is 0 Å². The molecule has 0 bridgehead atoms. The fraction of sp³-hybridized carbons (Fsp3) is 0.364. The Balaban J connectivity index is 0.000000144. The molecule has 0 radical (unpaired) electrons. The predicted octanol–water partition coefficient (Wildman–Crippen LogP) is 1.29. The van der Waals surface area contributed by atoms with Gasteiger partial charge in [0, 0.05) is 31.2 Å². The van der Waals surface area contributed by atoms with Crippen LogP contribution in [-0.4, -0.2) is 31.0 Å². The highest BCUT2D eigenvalue weighted by atomic mass is 16.5. The third-order valence-electron chi connectivity index (χ3n) is 2.21. The Bertz CT molecular complexity index is 360. The van der Waals surface area contributed by atoms with E-state index in [0.717, 1.165) is 18.8 Å². The van der Waals surface area contributed by atoms with E-state index < -0.39 is 0 Å². The van der Waals surface area contributed by atoms with Crippen LogP contribution in [-0.2, 0) is 9.53 Å². The summed E-state index contributed by atoms with van der Waals surface area (Å²) in [5.74, 6) is -0.248. The molecule has 4 nitrogen and oxygen atoms in total. The number of ether oxygens (including phenoxy) is 1. The zero-order valence-corrected chi connectivity index (χ0v) is 8.35. The quantitative estimate of drug-likeness (QED) is 0.597. The molecule has 3 heterocycles. The van der Waals surface area contributed by atoms with Crippen molar-refractivity contribution in [3.8, 4) is 0 Å². The highest BCUT2D eigenvalue weighted by Crippen LogP contribution is 2.11. The van der Waals surface area contributed by atoms with Crippen molar-refractivity contribution in [1.82, 2.24) is 0 Å². The molecular formula is C11H12N2O2. The number of aliphatic imine (C=N–C) groups is 2. The SMILES string of the molecule is C1CCOC1.O=C1N=CC=C2C=CN=C12. The number of hydrogen-bond donors (Lipinski definition) is 0. The number of fused-ring (bicyclic) bond motifs is 1. The lowest BCUT2D eigenvalue weighted by Crippen LogP contribution is -2.14. The van der Waals surface area contributed by atoms with E-state index in [0.29, 0.717) is 5.71 Å². The number of rotatable bonds is 0. The average Bonchev–Trinajstić information content (AvgIpc) is 2.93. The number of carbonyl (C=O) groups excluding carboxylic acids is 1. The van der Waals surface area contributed by atoms with Gasteiger partial charge >= 0.3 is 0 Å². The Hall–Kier alpha value is -1.55. The molecule has 0 atom stereocenters. The second kappa shape index (κ2) is 4.79. The monoisotopic (exact) mass is 204 g/mol. The summed E-state index contributed by atoms with van der Waals surface area (Å²) < 4.78 is 4.94. The van der Waals surface area contributed by atoms with E-state index in [1.54, 1.807) is 18.4 Å². The molecule has 1 saturated heterocycles. The van der Waals surface area contributed by atoms with E-state index in [9.17, 15) is 4.79 Å². The topological polar surface area (TPSA) is 51.0 Å². The molecule has 0 N–H and O–H groups in total. The van der Waals surface area contributed by atoms with Crippen molar-refractivity contribution in [3.05, 3.63) is 23.9 Å². The lowest BCUT2D eigenvalue weighted by atomic mass is 10.1. The maximum atomic E-state index is 10.9. The summed E-state index contributed by atoms with van der Waals surface area (Å²) in [5, 5.41) is 0. The van der Waals surface area contributed by atoms with Gasteiger partial charge in [-0.15, -0.1) is 0 Å². The predicted molar refractivity (Wildman–Crippen MR) is 58.2 cm³/mol. The fourth-order valence-electron chi connectivity index (χ4n) is 1.42. The van der Waals surface area contributed by atoms with Gasteiger partial charge in [0.1, 0.15) is 5.71 Å². The molecule has 0 aromatic heterocycles. The standard InChI is InChI=1S/C7H4N2O.C4H8O/c10-7-6-5(1-3-8-6)2-4-9-7;1-2-4-5-3-1/h1-4H;1-4H2. The first-order chi connectivity index (χ1) is 7.38. The van der Waals surface area contributed by atoms with E-state index in [4.69, 9.17) is 4.74 Å². The van der Waals surface area contributed by atoms with Gasteiger partial charge < -0.3 is 4.74 Å². The number of dihydropyridines is 1. The van der Waals surface area contributed by atoms with Gasteiger partial charge in [-0.1, -0.05) is 0 Å². The molecule has 3 aliphatic heterocycles. The van der Waals surface area contributed by atoms with Crippen LogP contribution in [0.25, 0.3) is 0 Å². The largest absolute Gasteiger partial charge is 0.381 e. The minimum atomic E-state index is -0.248. The molecule has 0 saturated carbocycles. The molecule has 0 spiro atoms. The minimum absolute atomic E-state index is 0.248. The van der Waals surface area contributed by atoms with Crippen LogP contribution in [0.15, 0.2) is 33.9 Å². The van der Waals surface area contributed by atoms with Crippen molar-refractivity contribution in [2.45, 2.75) is 12.8 Å². The molecule has 4 heteroatoms. The van der Waals surface area contributed by atoms with Gasteiger partial charge in [0.25, 0.3) is 5.91 Å². The molecule has 1 amide bonds. The molecule has 15 heavy (non-hydrogen) atoms. The Morgan fingerprint density at radius 2 is 2.07 bits per heavy atom. The number of nitrogens with zero attached hydrogens (tertiary/aromatic N) is 2. The van der Waals surface area contributed by atoms with Gasteiger partial charge in [0.2, 0.25) is 0 Å². The Morgan fingerprint density at radius 1 is 1.27 bits per heavy atom. The van der Waals surface area contributed by atoms with Crippen molar-refractivity contribution in [2.75, 3.05) is 13.2 Å². The number of amides is 1. The minimum Gasteiger partial charge on any atom is -0.381 e. The number of allylic oxidation sites excluding steroid dienone is 2. The summed E-state index contributed by atoms with van der Waals surface area (Å²) in [6.07, 6.45) is 9.21. The van der Waals surface area contributed by atoms with Gasteiger partial charge in [-0.3, -0.25) is 9.79 Å². The maximum Gasteiger partial charge on any atom is 0.296 e. The van der Waals surface area contributed by atoms with Crippen LogP contribution in [0.3, 0.4) is 0 Å². The van der Waals surface area contributed by atoms with Crippen LogP contribution < -0.4 is 0 Å². The van der Waals surface area contributed by atoms with E-state index >= 15 is 0 Å². The summed E-state index contributed by atoms with van der Waals surface area (Å²) in [6.45, 7) is 2.00. The second-order valence-corrected chi connectivity index (χ2v) is 3.32. The first kappa shape index (κ1) is 9.98. The molecule has 0 unspecified atom stereocenters. The molecule has 1 fully saturated rings. The normalized spacial score (nSPS) is 21.7. The van der Waals surface area contributed by atoms with Crippen molar-refractivity contribution in [2.24, 2.45) is 9.98 Å². The Labute approximate surface area is 88.1 Å². The van der Waals surface area contributed by atoms with Crippen molar-refractivity contribution >= 4 is 17.8 Å². The van der Waals surface area contributed by atoms with Crippen molar-refractivity contribution < 1.29 is 9.53 Å². The van der Waals surface area contributed by atoms with E-state index in [-0.39, 0.29) is 5.91 Å². The van der Waals surface area contributed by atoms with Gasteiger partial charge in [0.15, 0.2) is 0 Å². The molecular weight excluding hydrogens is 192 g/mol. The van der Waals surface area contributed by atoms with Crippen LogP contribution in [0.5, 0.6) is 0 Å². The highest BCUT2D eigenvalue weighted by Gasteiger charge is 2.18. The van der Waals surface area contributed by atoms with Crippen LogP contribution in [0, 0.1) is 0 Å². The third-order valence-corrected chi connectivity index (χ3v) is 2.21. The van der Waals surface area contributed by atoms with Crippen molar-refractivity contribution in [3.63, 3.8) is 0 Å². The summed E-state index contributed by atoms with van der Waals surface area (Å²) in [5.41, 5.74) is 1.32. The number of hydrogen-bond acceptors (Lipinski definition) is 3. The fourth-order valence-corrected chi connectivity index (χ4v) is 1.42. The van der Waals surface area contributed by atoms with Gasteiger partial charge in [0.05, 0.1) is 0 Å². The zero-order chi connectivity index (χ0) is 10.5. The Morgan fingerprint density at radius 3 is 2.67 bits per heavy atom. The van der Waals surface area contributed by atoms with E-state index in [1.165, 1.54) is 19.1 Å². The van der Waals surface area contributed by atoms with Crippen molar-refractivity contribution in [1.29, 1.82) is 0 Å². The smallest absolute Gasteiger partial charge is 0.296 e. The molecule has 0 aromatic rings. The molecule has 0 aliphatic carbocycles. The molecule has 3 aliphatic rings. The second-order valence-electron chi connectivity index (χ2n) is 3.32. The average molecular weight is 204 g/mol. The van der Waals surface area contributed by atoms with E-state index in [2.05, 4.69) is 9.98 Å². The summed E-state index contributed by atoms with van der Waals surface area (Å²) in [6, 6.07) is 0. The van der Waals surface area contributed by atoms with Crippen LogP contribution in [0.2, 0.25) is 0 Å². The van der Waals surface area contributed by atoms with Gasteiger partial charge in [-0.25, -0.2) is 4.99 Å². The third kappa shape index (κ3) is 2.47. The van der Waals surface area contributed by atoms with Gasteiger partial charge in [-0.2, -0.15) is 0 Å². The summed E-state index contributed by atoms with van der Waals surface area (Å²) >= 11 is 0. The summed E-state index contributed by atoms with van der Waals surface area (Å²) in [4.78, 5) is 18.3. The highest BCUT2D eigenvalue weighted by molar-refractivity contribution is 6.49. The lowest BCUT2D eigenvalue weighted by Gasteiger charge is -1.99. The van der Waals surface area contributed by atoms with Gasteiger partial charge in [-0.05, 0) is 25.0 Å². The van der Waals surface area contributed by atoms with Crippen LogP contribution in [0.1, 0.15) is 12.8 Å². The molecule has 0 aromatic carbocycles. The lowest BCUT2D eigenvalue weighted by molar-refractivity contribution is -0.111. The van der Waals surface area contributed by atoms with E-state index in [1.807, 2.05) is 0 Å². The first-order valence-corrected chi connectivity index (χ1v) is 4.99. The van der Waals surface area contributed by atoms with Crippen LogP contribution in [0.4, 0.5) is 0 Å². The molecule has 78 valence electrons. The maximum absolute atomic E-state index is 10.9. The summed E-state index contributed by atoms with van der Waals surface area (Å²) in [7, 11) is 0. The Kier molecular flexibility index (Phi) is 3.19.